The summed E-state index contributed by atoms with van der Waals surface area (Å²) in [5, 5.41) is 0. The number of carbonyl (C=O) groups excluding carboxylic acids is 1. The molecule has 0 radical (unpaired) electrons. The van der Waals surface area contributed by atoms with Crippen LogP contribution >= 0.6 is 0 Å². The lowest BCUT2D eigenvalue weighted by atomic mass is 10.0. The van der Waals surface area contributed by atoms with E-state index in [9.17, 15) is 13.6 Å². The van der Waals surface area contributed by atoms with E-state index in [1.807, 2.05) is 0 Å². The third-order valence-electron chi connectivity index (χ3n) is 2.94. The zero-order chi connectivity index (χ0) is 15.4. The Hall–Kier alpha value is -2.43. The second kappa shape index (κ2) is 6.35. The summed E-state index contributed by atoms with van der Waals surface area (Å²) in [6, 6.07) is 8.37. The van der Waals surface area contributed by atoms with E-state index in [1.54, 1.807) is 19.1 Å². The van der Waals surface area contributed by atoms with Gasteiger partial charge in [-0.15, -0.1) is 0 Å². The molecule has 0 bridgehead atoms. The quantitative estimate of drug-likeness (QED) is 0.804. The van der Waals surface area contributed by atoms with Crippen LogP contribution in [0.3, 0.4) is 0 Å². The summed E-state index contributed by atoms with van der Waals surface area (Å²) in [4.78, 5) is 11.6. The fourth-order valence-corrected chi connectivity index (χ4v) is 1.93. The Kier molecular flexibility index (Phi) is 4.52. The van der Waals surface area contributed by atoms with E-state index in [0.717, 1.165) is 12.1 Å². The van der Waals surface area contributed by atoms with Crippen LogP contribution in [0.1, 0.15) is 17.3 Å². The number of rotatable bonds is 4. The van der Waals surface area contributed by atoms with Gasteiger partial charge >= 0.3 is 5.97 Å². The zero-order valence-corrected chi connectivity index (χ0v) is 11.7. The second-order valence-electron chi connectivity index (χ2n) is 4.26. The molecule has 5 heteroatoms. The fraction of sp³-hybridized carbons (Fsp3) is 0.188. The smallest absolute Gasteiger partial charge is 0.341 e. The molecule has 2 aromatic carbocycles. The number of esters is 1. The highest BCUT2D eigenvalue weighted by molar-refractivity contribution is 5.93. The van der Waals surface area contributed by atoms with Crippen molar-refractivity contribution in [1.29, 1.82) is 0 Å². The topological polar surface area (TPSA) is 35.5 Å². The molecule has 0 aromatic heterocycles. The maximum atomic E-state index is 13.3. The van der Waals surface area contributed by atoms with Gasteiger partial charge in [0.2, 0.25) is 0 Å². The van der Waals surface area contributed by atoms with E-state index in [1.165, 1.54) is 19.2 Å². The molecule has 110 valence electrons. The first-order chi connectivity index (χ1) is 10.1. The monoisotopic (exact) mass is 292 g/mol. The van der Waals surface area contributed by atoms with Crippen LogP contribution in [0.15, 0.2) is 36.4 Å². The van der Waals surface area contributed by atoms with Crippen molar-refractivity contribution in [1.82, 2.24) is 0 Å². The number of ether oxygens (including phenoxy) is 2. The molecule has 21 heavy (non-hydrogen) atoms. The van der Waals surface area contributed by atoms with Crippen molar-refractivity contribution in [3.05, 3.63) is 53.6 Å². The molecule has 0 fully saturated rings. The van der Waals surface area contributed by atoms with Crippen LogP contribution in [0.25, 0.3) is 11.1 Å². The fourth-order valence-electron chi connectivity index (χ4n) is 1.93. The first-order valence-corrected chi connectivity index (χ1v) is 6.37. The van der Waals surface area contributed by atoms with Gasteiger partial charge < -0.3 is 9.47 Å². The van der Waals surface area contributed by atoms with Crippen LogP contribution in [0, 0.1) is 11.6 Å². The van der Waals surface area contributed by atoms with Crippen molar-refractivity contribution in [3.63, 3.8) is 0 Å². The summed E-state index contributed by atoms with van der Waals surface area (Å²) >= 11 is 0. The van der Waals surface area contributed by atoms with Gasteiger partial charge in [-0.1, -0.05) is 12.1 Å². The Labute approximate surface area is 121 Å². The van der Waals surface area contributed by atoms with Crippen LogP contribution in [-0.4, -0.2) is 19.7 Å². The van der Waals surface area contributed by atoms with E-state index in [0.29, 0.717) is 23.5 Å². The molecule has 0 heterocycles. The molecule has 0 saturated carbocycles. The lowest BCUT2D eigenvalue weighted by molar-refractivity contribution is 0.0596. The summed E-state index contributed by atoms with van der Waals surface area (Å²) in [7, 11) is 1.28. The van der Waals surface area contributed by atoms with Gasteiger partial charge in [-0.3, -0.25) is 0 Å². The van der Waals surface area contributed by atoms with Gasteiger partial charge in [-0.05, 0) is 42.3 Å². The number of halogens is 2. The van der Waals surface area contributed by atoms with Crippen molar-refractivity contribution in [2.75, 3.05) is 13.7 Å². The van der Waals surface area contributed by atoms with Crippen molar-refractivity contribution in [3.8, 4) is 16.9 Å². The SMILES string of the molecule is CCOc1cc(-c2ccc(F)c(F)c2)ccc1C(=O)OC. The third kappa shape index (κ3) is 3.18. The number of hydrogen-bond donors (Lipinski definition) is 0. The van der Waals surface area contributed by atoms with Crippen molar-refractivity contribution in [2.24, 2.45) is 0 Å². The van der Waals surface area contributed by atoms with E-state index >= 15 is 0 Å². The molecule has 0 aliphatic heterocycles. The molecule has 0 spiro atoms. The predicted molar refractivity (Wildman–Crippen MR) is 74.3 cm³/mol. The summed E-state index contributed by atoms with van der Waals surface area (Å²) < 4.78 is 36.3. The highest BCUT2D eigenvalue weighted by atomic mass is 19.2. The van der Waals surface area contributed by atoms with Crippen molar-refractivity contribution < 1.29 is 23.0 Å². The van der Waals surface area contributed by atoms with Gasteiger partial charge in [0.05, 0.1) is 13.7 Å². The molecule has 0 aliphatic rings. The molecule has 2 aromatic rings. The standard InChI is InChI=1S/C16H14F2O3/c1-3-21-15-9-11(4-6-12(15)16(19)20-2)10-5-7-13(17)14(18)8-10/h4-9H,3H2,1-2H3. The van der Waals surface area contributed by atoms with Crippen molar-refractivity contribution >= 4 is 5.97 Å². The van der Waals surface area contributed by atoms with Crippen LogP contribution in [-0.2, 0) is 4.74 Å². The van der Waals surface area contributed by atoms with E-state index in [4.69, 9.17) is 4.74 Å². The summed E-state index contributed by atoms with van der Waals surface area (Å²) in [5.41, 5.74) is 1.39. The lowest BCUT2D eigenvalue weighted by Gasteiger charge is -2.11. The minimum atomic E-state index is -0.928. The summed E-state index contributed by atoms with van der Waals surface area (Å²) in [6.07, 6.45) is 0. The van der Waals surface area contributed by atoms with Crippen molar-refractivity contribution in [2.45, 2.75) is 6.92 Å². The molecule has 3 nitrogen and oxygen atoms in total. The first kappa shape index (κ1) is 15.0. The predicted octanol–water partition coefficient (Wildman–Crippen LogP) is 3.82. The van der Waals surface area contributed by atoms with Crippen LogP contribution in [0.4, 0.5) is 8.78 Å². The maximum Gasteiger partial charge on any atom is 0.341 e. The average molecular weight is 292 g/mol. The van der Waals surface area contributed by atoms with E-state index in [2.05, 4.69) is 4.74 Å². The van der Waals surface area contributed by atoms with Gasteiger partial charge in [-0.25, -0.2) is 13.6 Å². The van der Waals surface area contributed by atoms with E-state index in [-0.39, 0.29) is 5.56 Å². The van der Waals surface area contributed by atoms with Crippen LogP contribution in [0.5, 0.6) is 5.75 Å². The molecule has 0 aliphatic carbocycles. The van der Waals surface area contributed by atoms with Gasteiger partial charge in [0.25, 0.3) is 0 Å². The lowest BCUT2D eigenvalue weighted by Crippen LogP contribution is -2.05. The summed E-state index contributed by atoms with van der Waals surface area (Å²) in [6.45, 7) is 2.15. The van der Waals surface area contributed by atoms with Gasteiger partial charge in [-0.2, -0.15) is 0 Å². The molecule has 0 N–H and O–H groups in total. The third-order valence-corrected chi connectivity index (χ3v) is 2.94. The maximum absolute atomic E-state index is 13.3. The van der Waals surface area contributed by atoms with Crippen LogP contribution < -0.4 is 4.74 Å². The molecular weight excluding hydrogens is 278 g/mol. The first-order valence-electron chi connectivity index (χ1n) is 6.37. The largest absolute Gasteiger partial charge is 0.493 e. The Bertz CT molecular complexity index is 669. The zero-order valence-electron chi connectivity index (χ0n) is 11.7. The summed E-state index contributed by atoms with van der Waals surface area (Å²) in [5.74, 6) is -2.01. The minimum absolute atomic E-state index is 0.283. The molecule has 0 unspecified atom stereocenters. The average Bonchev–Trinajstić information content (AvgIpc) is 2.49. The number of hydrogen-bond acceptors (Lipinski definition) is 3. The van der Waals surface area contributed by atoms with E-state index < -0.39 is 17.6 Å². The Morgan fingerprint density at radius 3 is 2.33 bits per heavy atom. The van der Waals surface area contributed by atoms with Crippen LogP contribution in [0.2, 0.25) is 0 Å². The minimum Gasteiger partial charge on any atom is -0.493 e. The second-order valence-corrected chi connectivity index (χ2v) is 4.26. The number of carbonyl (C=O) groups is 1. The number of benzene rings is 2. The Morgan fingerprint density at radius 1 is 1.05 bits per heavy atom. The number of methoxy groups -OCH3 is 1. The molecule has 0 amide bonds. The normalized spacial score (nSPS) is 10.3. The Morgan fingerprint density at radius 2 is 1.71 bits per heavy atom. The van der Waals surface area contributed by atoms with Gasteiger partial charge in [0, 0.05) is 0 Å². The highest BCUT2D eigenvalue weighted by Gasteiger charge is 2.14. The molecular formula is C16H14F2O3. The molecule has 0 atom stereocenters. The Balaban J connectivity index is 2.48. The molecule has 0 saturated heterocycles. The molecule has 2 rings (SSSR count). The van der Waals surface area contributed by atoms with Gasteiger partial charge in [0.1, 0.15) is 11.3 Å². The highest BCUT2D eigenvalue weighted by Crippen LogP contribution is 2.29. The van der Waals surface area contributed by atoms with Gasteiger partial charge in [0.15, 0.2) is 11.6 Å².